The Balaban J connectivity index is 1.91. The van der Waals surface area contributed by atoms with Crippen LogP contribution in [0.3, 0.4) is 0 Å². The number of para-hydroxylation sites is 1. The van der Waals surface area contributed by atoms with Crippen LogP contribution in [0, 0.1) is 4.77 Å². The molecule has 1 aromatic heterocycles. The highest BCUT2D eigenvalue weighted by atomic mass is 32.1. The highest BCUT2D eigenvalue weighted by molar-refractivity contribution is 7.71. The van der Waals surface area contributed by atoms with E-state index in [9.17, 15) is 0 Å². The van der Waals surface area contributed by atoms with Crippen molar-refractivity contribution in [2.75, 3.05) is 13.2 Å². The number of hydrogen-bond donors (Lipinski definition) is 1. The van der Waals surface area contributed by atoms with Crippen LogP contribution in [0.5, 0.6) is 11.5 Å². The van der Waals surface area contributed by atoms with E-state index in [0.29, 0.717) is 24.0 Å². The molecule has 1 saturated carbocycles. The van der Waals surface area contributed by atoms with Crippen molar-refractivity contribution >= 4 is 12.2 Å². The third kappa shape index (κ3) is 1.74. The molecule has 1 aromatic carbocycles. The summed E-state index contributed by atoms with van der Waals surface area (Å²) in [5.41, 5.74) is 0.941. The second-order valence-corrected chi connectivity index (χ2v) is 5.17. The maximum atomic E-state index is 5.75. The first-order valence-electron chi connectivity index (χ1n) is 6.40. The summed E-state index contributed by atoms with van der Waals surface area (Å²) in [4.78, 5) is 0. The third-order valence-electron chi connectivity index (χ3n) is 3.42. The topological polar surface area (TPSA) is 52.1 Å². The molecule has 98 valence electrons. The van der Waals surface area contributed by atoms with Gasteiger partial charge in [-0.2, -0.15) is 5.10 Å². The first-order chi connectivity index (χ1) is 9.34. The normalized spacial score (nSPS) is 17.5. The predicted octanol–water partition coefficient (Wildman–Crippen LogP) is 2.71. The number of aromatic nitrogens is 3. The summed E-state index contributed by atoms with van der Waals surface area (Å²) in [5, 5.41) is 7.25. The van der Waals surface area contributed by atoms with Crippen LogP contribution < -0.4 is 9.47 Å². The van der Waals surface area contributed by atoms with E-state index in [1.165, 1.54) is 0 Å². The molecule has 0 spiro atoms. The zero-order valence-corrected chi connectivity index (χ0v) is 11.1. The summed E-state index contributed by atoms with van der Waals surface area (Å²) in [5.74, 6) is 2.39. The standard InChI is InChI=1S/C13H13N3O2S/c19-13-15-14-12(16(13)8-4-5-8)9-2-1-3-10-11(9)18-7-6-17-10/h1-3,8H,4-7H2,(H,15,19). The molecular formula is C13H13N3O2S. The van der Waals surface area contributed by atoms with Gasteiger partial charge in [0.2, 0.25) is 0 Å². The molecule has 6 heteroatoms. The zero-order chi connectivity index (χ0) is 12.8. The first kappa shape index (κ1) is 11.0. The number of nitrogens with zero attached hydrogens (tertiary/aromatic N) is 2. The van der Waals surface area contributed by atoms with E-state index in [1.807, 2.05) is 18.2 Å². The van der Waals surface area contributed by atoms with Crippen molar-refractivity contribution in [3.05, 3.63) is 23.0 Å². The van der Waals surface area contributed by atoms with E-state index in [0.717, 1.165) is 35.7 Å². The van der Waals surface area contributed by atoms with E-state index in [2.05, 4.69) is 14.8 Å². The first-order valence-corrected chi connectivity index (χ1v) is 6.81. The van der Waals surface area contributed by atoms with Gasteiger partial charge in [0, 0.05) is 6.04 Å². The number of rotatable bonds is 2. The van der Waals surface area contributed by atoms with Crippen molar-refractivity contribution in [3.8, 4) is 22.9 Å². The molecule has 19 heavy (non-hydrogen) atoms. The molecule has 0 atom stereocenters. The number of benzene rings is 1. The molecular weight excluding hydrogens is 262 g/mol. The molecule has 5 nitrogen and oxygen atoms in total. The van der Waals surface area contributed by atoms with Crippen LogP contribution in [0.4, 0.5) is 0 Å². The third-order valence-corrected chi connectivity index (χ3v) is 3.71. The minimum absolute atomic E-state index is 0.474. The van der Waals surface area contributed by atoms with E-state index in [4.69, 9.17) is 21.7 Å². The molecule has 0 amide bonds. The molecule has 0 unspecified atom stereocenters. The summed E-state index contributed by atoms with van der Waals surface area (Å²) >= 11 is 5.32. The van der Waals surface area contributed by atoms with Crippen LogP contribution in [-0.4, -0.2) is 28.0 Å². The molecule has 0 saturated heterocycles. The quantitative estimate of drug-likeness (QED) is 0.856. The maximum Gasteiger partial charge on any atom is 0.195 e. The monoisotopic (exact) mass is 275 g/mol. The second-order valence-electron chi connectivity index (χ2n) is 4.78. The molecule has 4 rings (SSSR count). The van der Waals surface area contributed by atoms with Gasteiger partial charge in [0.15, 0.2) is 22.1 Å². The van der Waals surface area contributed by atoms with Gasteiger partial charge in [-0.25, -0.2) is 0 Å². The molecule has 1 fully saturated rings. The van der Waals surface area contributed by atoms with Crippen LogP contribution in [0.25, 0.3) is 11.4 Å². The van der Waals surface area contributed by atoms with Crippen molar-refractivity contribution in [3.63, 3.8) is 0 Å². The molecule has 2 aliphatic rings. The summed E-state index contributed by atoms with van der Waals surface area (Å²) in [6, 6.07) is 6.34. The number of hydrogen-bond acceptors (Lipinski definition) is 4. The summed E-state index contributed by atoms with van der Waals surface area (Å²) in [6.07, 6.45) is 2.32. The lowest BCUT2D eigenvalue weighted by atomic mass is 10.1. The summed E-state index contributed by atoms with van der Waals surface area (Å²) in [7, 11) is 0. The highest BCUT2D eigenvalue weighted by Gasteiger charge is 2.29. The molecule has 1 N–H and O–H groups in total. The number of H-pyrrole nitrogens is 1. The Morgan fingerprint density at radius 3 is 2.95 bits per heavy atom. The maximum absolute atomic E-state index is 5.75. The van der Waals surface area contributed by atoms with Crippen molar-refractivity contribution in [1.82, 2.24) is 14.8 Å². The molecule has 1 aliphatic heterocycles. The van der Waals surface area contributed by atoms with Crippen molar-refractivity contribution in [1.29, 1.82) is 0 Å². The lowest BCUT2D eigenvalue weighted by Gasteiger charge is -2.20. The van der Waals surface area contributed by atoms with Crippen molar-refractivity contribution in [2.24, 2.45) is 0 Å². The molecule has 0 radical (unpaired) electrons. The van der Waals surface area contributed by atoms with Gasteiger partial charge in [-0.05, 0) is 37.2 Å². The average Bonchev–Trinajstić information content (AvgIpc) is 3.21. The fraction of sp³-hybridized carbons (Fsp3) is 0.385. The lowest BCUT2D eigenvalue weighted by Crippen LogP contribution is -2.16. The lowest BCUT2D eigenvalue weighted by molar-refractivity contribution is 0.172. The van der Waals surface area contributed by atoms with Gasteiger partial charge in [0.25, 0.3) is 0 Å². The van der Waals surface area contributed by atoms with Crippen LogP contribution in [0.1, 0.15) is 18.9 Å². The van der Waals surface area contributed by atoms with Crippen LogP contribution >= 0.6 is 12.2 Å². The Morgan fingerprint density at radius 2 is 2.11 bits per heavy atom. The zero-order valence-electron chi connectivity index (χ0n) is 10.3. The Bertz CT molecular complexity index is 687. The molecule has 2 aromatic rings. The summed E-state index contributed by atoms with van der Waals surface area (Å²) in [6.45, 7) is 1.16. The van der Waals surface area contributed by atoms with Crippen molar-refractivity contribution < 1.29 is 9.47 Å². The summed E-state index contributed by atoms with van der Waals surface area (Å²) < 4.78 is 14.1. The SMILES string of the molecule is S=c1[nH]nc(-c2cccc3c2OCCO3)n1C1CC1. The fourth-order valence-corrected chi connectivity index (χ4v) is 2.70. The fourth-order valence-electron chi connectivity index (χ4n) is 2.42. The van der Waals surface area contributed by atoms with E-state index in [1.54, 1.807) is 0 Å². The number of aromatic amines is 1. The van der Waals surface area contributed by atoms with Crippen molar-refractivity contribution in [2.45, 2.75) is 18.9 Å². The molecule has 1 aliphatic carbocycles. The Kier molecular flexibility index (Phi) is 2.38. The highest BCUT2D eigenvalue weighted by Crippen LogP contribution is 2.43. The Morgan fingerprint density at radius 1 is 1.26 bits per heavy atom. The smallest absolute Gasteiger partial charge is 0.195 e. The van der Waals surface area contributed by atoms with Crippen LogP contribution in [0.2, 0.25) is 0 Å². The van der Waals surface area contributed by atoms with Gasteiger partial charge in [-0.3, -0.25) is 9.67 Å². The Labute approximate surface area is 115 Å². The van der Waals surface area contributed by atoms with E-state index in [-0.39, 0.29) is 0 Å². The van der Waals surface area contributed by atoms with E-state index < -0.39 is 0 Å². The Hall–Kier alpha value is -1.82. The minimum Gasteiger partial charge on any atom is -0.486 e. The van der Waals surface area contributed by atoms with Gasteiger partial charge in [-0.1, -0.05) is 6.07 Å². The second kappa shape index (κ2) is 4.09. The van der Waals surface area contributed by atoms with E-state index >= 15 is 0 Å². The van der Waals surface area contributed by atoms with Gasteiger partial charge in [0.1, 0.15) is 13.2 Å². The average molecular weight is 275 g/mol. The number of nitrogens with one attached hydrogen (secondary N) is 1. The molecule has 2 heterocycles. The molecule has 0 bridgehead atoms. The largest absolute Gasteiger partial charge is 0.486 e. The van der Waals surface area contributed by atoms with Crippen LogP contribution in [-0.2, 0) is 0 Å². The minimum atomic E-state index is 0.474. The number of fused-ring (bicyclic) bond motifs is 1. The predicted molar refractivity (Wildman–Crippen MR) is 72.1 cm³/mol. The van der Waals surface area contributed by atoms with Crippen LogP contribution in [0.15, 0.2) is 18.2 Å². The number of ether oxygens (including phenoxy) is 2. The van der Waals surface area contributed by atoms with Gasteiger partial charge in [0.05, 0.1) is 5.56 Å². The van der Waals surface area contributed by atoms with Gasteiger partial charge < -0.3 is 9.47 Å². The van der Waals surface area contributed by atoms with Gasteiger partial charge >= 0.3 is 0 Å². The van der Waals surface area contributed by atoms with Gasteiger partial charge in [-0.15, -0.1) is 0 Å².